The first kappa shape index (κ1) is 21.9. The van der Waals surface area contributed by atoms with E-state index >= 15 is 0 Å². The normalized spacial score (nSPS) is 19.9. The van der Waals surface area contributed by atoms with Crippen LogP contribution in [0, 0.1) is 18.3 Å². The van der Waals surface area contributed by atoms with Crippen molar-refractivity contribution in [1.82, 2.24) is 20.1 Å². The van der Waals surface area contributed by atoms with Crippen molar-refractivity contribution < 1.29 is 4.79 Å². The molecular formula is C23H34N4OS. The van der Waals surface area contributed by atoms with Gasteiger partial charge in [-0.1, -0.05) is 69.3 Å². The third-order valence-corrected chi connectivity index (χ3v) is 7.49. The lowest BCUT2D eigenvalue weighted by atomic mass is 9.69. The first-order valence-corrected chi connectivity index (χ1v) is 11.7. The van der Waals surface area contributed by atoms with E-state index in [-0.39, 0.29) is 5.91 Å². The average molecular weight is 415 g/mol. The van der Waals surface area contributed by atoms with E-state index in [0.29, 0.717) is 17.2 Å². The van der Waals surface area contributed by atoms with Gasteiger partial charge in [-0.15, -0.1) is 10.2 Å². The Hall–Kier alpha value is -1.82. The molecule has 29 heavy (non-hydrogen) atoms. The number of thioether (sulfide) groups is 1. The SMILES string of the molecule is CCC(C)(C)C1CCC(NC(=O)CSc2nnc(C)n2Cc2ccccc2)CC1. The highest BCUT2D eigenvalue weighted by molar-refractivity contribution is 7.99. The molecule has 1 aliphatic rings. The molecule has 1 aromatic carbocycles. The molecule has 1 saturated carbocycles. The molecule has 1 heterocycles. The van der Waals surface area contributed by atoms with Crippen LogP contribution in [0.2, 0.25) is 0 Å². The van der Waals surface area contributed by atoms with Gasteiger partial charge in [-0.3, -0.25) is 4.79 Å². The number of carbonyl (C=O) groups excluding carboxylic acids is 1. The van der Waals surface area contributed by atoms with Gasteiger partial charge < -0.3 is 9.88 Å². The number of aromatic nitrogens is 3. The molecular weight excluding hydrogens is 380 g/mol. The molecule has 1 amide bonds. The fourth-order valence-corrected chi connectivity index (χ4v) is 4.92. The van der Waals surface area contributed by atoms with E-state index in [2.05, 4.69) is 53.0 Å². The second-order valence-corrected chi connectivity index (χ2v) is 9.79. The maximum Gasteiger partial charge on any atom is 0.230 e. The van der Waals surface area contributed by atoms with Gasteiger partial charge in [0.05, 0.1) is 12.3 Å². The van der Waals surface area contributed by atoms with E-state index in [1.807, 2.05) is 25.1 Å². The summed E-state index contributed by atoms with van der Waals surface area (Å²) in [5.74, 6) is 2.12. The lowest BCUT2D eigenvalue weighted by Gasteiger charge is -2.39. The minimum Gasteiger partial charge on any atom is -0.353 e. The van der Waals surface area contributed by atoms with Crippen LogP contribution in [0.1, 0.15) is 64.3 Å². The Morgan fingerprint density at radius 1 is 1.17 bits per heavy atom. The zero-order chi connectivity index (χ0) is 20.9. The standard InChI is InChI=1S/C23H34N4OS/c1-5-23(3,4)19-11-13-20(14-12-19)24-21(28)16-29-22-26-25-17(2)27(22)15-18-9-7-6-8-10-18/h6-10,19-20H,5,11-16H2,1-4H3,(H,24,28). The fourth-order valence-electron chi connectivity index (χ4n) is 4.12. The summed E-state index contributed by atoms with van der Waals surface area (Å²) in [7, 11) is 0. The highest BCUT2D eigenvalue weighted by atomic mass is 32.2. The summed E-state index contributed by atoms with van der Waals surface area (Å²) in [5.41, 5.74) is 1.61. The first-order valence-electron chi connectivity index (χ1n) is 10.7. The van der Waals surface area contributed by atoms with Crippen LogP contribution in [0.3, 0.4) is 0 Å². The molecule has 0 saturated heterocycles. The number of nitrogens with zero attached hydrogens (tertiary/aromatic N) is 3. The maximum atomic E-state index is 12.5. The van der Waals surface area contributed by atoms with E-state index in [1.54, 1.807) is 0 Å². The Balaban J connectivity index is 1.48. The molecule has 1 aromatic heterocycles. The number of amides is 1. The predicted octanol–water partition coefficient (Wildman–Crippen LogP) is 4.84. The van der Waals surface area contributed by atoms with Gasteiger partial charge in [-0.25, -0.2) is 0 Å². The van der Waals surface area contributed by atoms with Crippen LogP contribution in [0.25, 0.3) is 0 Å². The number of hydrogen-bond donors (Lipinski definition) is 1. The quantitative estimate of drug-likeness (QED) is 0.628. The van der Waals surface area contributed by atoms with E-state index < -0.39 is 0 Å². The van der Waals surface area contributed by atoms with Crippen molar-refractivity contribution >= 4 is 17.7 Å². The first-order chi connectivity index (χ1) is 13.9. The molecule has 1 fully saturated rings. The fraction of sp³-hybridized carbons (Fsp3) is 0.609. The number of carbonyl (C=O) groups is 1. The smallest absolute Gasteiger partial charge is 0.230 e. The molecule has 1 aliphatic carbocycles. The minimum absolute atomic E-state index is 0.0973. The Bertz CT molecular complexity index is 794. The Labute approximate surface area is 179 Å². The second-order valence-electron chi connectivity index (χ2n) is 8.85. The lowest BCUT2D eigenvalue weighted by molar-refractivity contribution is -0.119. The van der Waals surface area contributed by atoms with Crippen molar-refractivity contribution in [2.75, 3.05) is 5.75 Å². The summed E-state index contributed by atoms with van der Waals surface area (Å²) in [6.45, 7) is 9.71. The summed E-state index contributed by atoms with van der Waals surface area (Å²) in [6.07, 6.45) is 5.82. The molecule has 2 aromatic rings. The van der Waals surface area contributed by atoms with E-state index in [9.17, 15) is 4.79 Å². The van der Waals surface area contributed by atoms with Crippen LogP contribution in [0.5, 0.6) is 0 Å². The molecule has 3 rings (SSSR count). The highest BCUT2D eigenvalue weighted by Crippen LogP contribution is 2.40. The maximum absolute atomic E-state index is 12.5. The molecule has 0 aliphatic heterocycles. The average Bonchev–Trinajstić information content (AvgIpc) is 3.07. The van der Waals surface area contributed by atoms with Crippen LogP contribution in [0.4, 0.5) is 0 Å². The van der Waals surface area contributed by atoms with Gasteiger partial charge in [-0.2, -0.15) is 0 Å². The van der Waals surface area contributed by atoms with Crippen LogP contribution in [0.15, 0.2) is 35.5 Å². The number of nitrogens with one attached hydrogen (secondary N) is 1. The largest absolute Gasteiger partial charge is 0.353 e. The van der Waals surface area contributed by atoms with Crippen molar-refractivity contribution in [2.24, 2.45) is 11.3 Å². The van der Waals surface area contributed by atoms with Crippen LogP contribution in [-0.2, 0) is 11.3 Å². The van der Waals surface area contributed by atoms with Crippen molar-refractivity contribution in [3.05, 3.63) is 41.7 Å². The molecule has 0 atom stereocenters. The van der Waals surface area contributed by atoms with Gasteiger partial charge in [-0.05, 0) is 49.5 Å². The molecule has 158 valence electrons. The summed E-state index contributed by atoms with van der Waals surface area (Å²) >= 11 is 1.47. The lowest BCUT2D eigenvalue weighted by Crippen LogP contribution is -2.40. The van der Waals surface area contributed by atoms with Gasteiger partial charge in [0, 0.05) is 6.04 Å². The molecule has 0 unspecified atom stereocenters. The van der Waals surface area contributed by atoms with Gasteiger partial charge in [0.2, 0.25) is 5.91 Å². The third-order valence-electron chi connectivity index (χ3n) is 6.53. The Morgan fingerprint density at radius 3 is 2.52 bits per heavy atom. The summed E-state index contributed by atoms with van der Waals surface area (Å²) < 4.78 is 2.07. The second kappa shape index (κ2) is 9.79. The summed E-state index contributed by atoms with van der Waals surface area (Å²) in [6, 6.07) is 10.6. The number of hydrogen-bond acceptors (Lipinski definition) is 4. The molecule has 0 spiro atoms. The van der Waals surface area contributed by atoms with Crippen LogP contribution < -0.4 is 5.32 Å². The number of benzene rings is 1. The molecule has 6 heteroatoms. The molecule has 5 nitrogen and oxygen atoms in total. The van der Waals surface area contributed by atoms with Crippen LogP contribution in [-0.4, -0.2) is 32.5 Å². The molecule has 1 N–H and O–H groups in total. The van der Waals surface area contributed by atoms with Crippen LogP contribution >= 0.6 is 11.8 Å². The van der Waals surface area contributed by atoms with Gasteiger partial charge in [0.1, 0.15) is 5.82 Å². The minimum atomic E-state index is 0.0973. The van der Waals surface area contributed by atoms with Crippen molar-refractivity contribution in [3.8, 4) is 0 Å². The van der Waals surface area contributed by atoms with Gasteiger partial charge in [0.25, 0.3) is 0 Å². The van der Waals surface area contributed by atoms with E-state index in [1.165, 1.54) is 36.6 Å². The molecule has 0 radical (unpaired) electrons. The molecule has 0 bridgehead atoms. The van der Waals surface area contributed by atoms with Crippen molar-refractivity contribution in [3.63, 3.8) is 0 Å². The topological polar surface area (TPSA) is 59.8 Å². The zero-order valence-corrected chi connectivity index (χ0v) is 19.0. The van der Waals surface area contributed by atoms with E-state index in [0.717, 1.165) is 36.3 Å². The third kappa shape index (κ3) is 5.84. The number of rotatable bonds is 8. The summed E-state index contributed by atoms with van der Waals surface area (Å²) in [5, 5.41) is 12.5. The van der Waals surface area contributed by atoms with Crippen molar-refractivity contribution in [1.29, 1.82) is 0 Å². The Kier molecular flexibility index (Phi) is 7.38. The monoisotopic (exact) mass is 414 g/mol. The van der Waals surface area contributed by atoms with Crippen molar-refractivity contribution in [2.45, 2.75) is 77.5 Å². The predicted molar refractivity (Wildman–Crippen MR) is 119 cm³/mol. The highest BCUT2D eigenvalue weighted by Gasteiger charge is 2.32. The van der Waals surface area contributed by atoms with E-state index in [4.69, 9.17) is 0 Å². The zero-order valence-electron chi connectivity index (χ0n) is 18.1. The van der Waals surface area contributed by atoms with Gasteiger partial charge in [0.15, 0.2) is 5.16 Å². The number of aryl methyl sites for hydroxylation is 1. The summed E-state index contributed by atoms with van der Waals surface area (Å²) in [4.78, 5) is 12.5. The van der Waals surface area contributed by atoms with Gasteiger partial charge >= 0.3 is 0 Å². The Morgan fingerprint density at radius 2 is 1.86 bits per heavy atom.